The van der Waals surface area contributed by atoms with Crippen molar-refractivity contribution < 1.29 is 9.18 Å². The molecule has 1 amide bonds. The van der Waals surface area contributed by atoms with Crippen LogP contribution < -0.4 is 11.1 Å². The van der Waals surface area contributed by atoms with E-state index in [0.29, 0.717) is 11.4 Å². The number of amides is 1. The van der Waals surface area contributed by atoms with Crippen molar-refractivity contribution in [3.8, 4) is 6.07 Å². The van der Waals surface area contributed by atoms with E-state index < -0.39 is 11.7 Å². The summed E-state index contributed by atoms with van der Waals surface area (Å²) in [6, 6.07) is 9.92. The van der Waals surface area contributed by atoms with Gasteiger partial charge in [0.25, 0.3) is 5.91 Å². The molecule has 0 aromatic heterocycles. The van der Waals surface area contributed by atoms with Crippen LogP contribution in [0.1, 0.15) is 15.9 Å². The number of carbonyl (C=O) groups excluding carboxylic acids is 1. The molecule has 100 valence electrons. The lowest BCUT2D eigenvalue weighted by molar-refractivity contribution is 0.102. The van der Waals surface area contributed by atoms with Crippen molar-refractivity contribution in [2.24, 2.45) is 0 Å². The highest BCUT2D eigenvalue weighted by Crippen LogP contribution is 2.21. The number of nitrogens with two attached hydrogens (primary N) is 1. The first-order valence-corrected chi connectivity index (χ1v) is 5.95. The predicted octanol–water partition coefficient (Wildman–Crippen LogP) is 3.19. The summed E-state index contributed by atoms with van der Waals surface area (Å²) >= 11 is 5.91. The summed E-state index contributed by atoms with van der Waals surface area (Å²) < 4.78 is 13.2. The van der Waals surface area contributed by atoms with Crippen molar-refractivity contribution in [2.45, 2.75) is 0 Å². The third-order valence-electron chi connectivity index (χ3n) is 2.58. The maximum absolute atomic E-state index is 13.2. The molecule has 4 nitrogen and oxygen atoms in total. The largest absolute Gasteiger partial charge is 0.399 e. The van der Waals surface area contributed by atoms with Crippen molar-refractivity contribution >= 4 is 28.9 Å². The molecule has 0 unspecified atom stereocenters. The van der Waals surface area contributed by atoms with Crippen molar-refractivity contribution in [3.05, 3.63) is 58.4 Å². The SMILES string of the molecule is N#Cc1cc(NC(=O)c2cc(N)ccc2Cl)ccc1F. The summed E-state index contributed by atoms with van der Waals surface area (Å²) in [5.41, 5.74) is 6.34. The van der Waals surface area contributed by atoms with Crippen LogP contribution in [0.5, 0.6) is 0 Å². The molecule has 0 aliphatic carbocycles. The van der Waals surface area contributed by atoms with E-state index >= 15 is 0 Å². The minimum Gasteiger partial charge on any atom is -0.399 e. The van der Waals surface area contributed by atoms with E-state index in [0.717, 1.165) is 6.07 Å². The Morgan fingerprint density at radius 3 is 2.75 bits per heavy atom. The monoisotopic (exact) mass is 289 g/mol. The Hall–Kier alpha value is -2.58. The standard InChI is InChI=1S/C14H9ClFN3O/c15-12-3-1-9(18)6-11(12)14(20)19-10-2-4-13(16)8(5-10)7-17/h1-6H,18H2,(H,19,20). The highest BCUT2D eigenvalue weighted by molar-refractivity contribution is 6.34. The zero-order valence-electron chi connectivity index (χ0n) is 10.2. The van der Waals surface area contributed by atoms with Gasteiger partial charge in [0.2, 0.25) is 0 Å². The number of hydrogen-bond donors (Lipinski definition) is 2. The summed E-state index contributed by atoms with van der Waals surface area (Å²) in [4.78, 5) is 12.0. The van der Waals surface area contributed by atoms with E-state index in [4.69, 9.17) is 22.6 Å². The average Bonchev–Trinajstić information content (AvgIpc) is 2.43. The topological polar surface area (TPSA) is 78.9 Å². The number of carbonyl (C=O) groups is 1. The Morgan fingerprint density at radius 2 is 2.05 bits per heavy atom. The molecule has 0 saturated carbocycles. The van der Waals surface area contributed by atoms with Gasteiger partial charge in [0, 0.05) is 11.4 Å². The molecule has 0 bridgehead atoms. The number of nitrogens with one attached hydrogen (secondary N) is 1. The molecule has 0 fully saturated rings. The second-order valence-electron chi connectivity index (χ2n) is 4.00. The molecule has 0 heterocycles. The second-order valence-corrected chi connectivity index (χ2v) is 4.41. The summed E-state index contributed by atoms with van der Waals surface area (Å²) in [6.07, 6.45) is 0. The maximum atomic E-state index is 13.2. The minimum atomic E-state index is -0.646. The van der Waals surface area contributed by atoms with E-state index in [9.17, 15) is 9.18 Å². The van der Waals surface area contributed by atoms with Crippen molar-refractivity contribution in [3.63, 3.8) is 0 Å². The third-order valence-corrected chi connectivity index (χ3v) is 2.91. The van der Waals surface area contributed by atoms with Crippen LogP contribution >= 0.6 is 11.6 Å². The fourth-order valence-electron chi connectivity index (χ4n) is 1.60. The van der Waals surface area contributed by atoms with Gasteiger partial charge < -0.3 is 11.1 Å². The van der Waals surface area contributed by atoms with Crippen LogP contribution in [0.25, 0.3) is 0 Å². The molecular formula is C14H9ClFN3O. The van der Waals surface area contributed by atoms with Gasteiger partial charge in [0.15, 0.2) is 0 Å². The van der Waals surface area contributed by atoms with Gasteiger partial charge in [0.1, 0.15) is 11.9 Å². The van der Waals surface area contributed by atoms with E-state index in [1.807, 2.05) is 0 Å². The lowest BCUT2D eigenvalue weighted by Gasteiger charge is -2.08. The van der Waals surface area contributed by atoms with Gasteiger partial charge in [-0.3, -0.25) is 4.79 Å². The zero-order valence-corrected chi connectivity index (χ0v) is 10.9. The Kier molecular flexibility index (Phi) is 3.87. The molecule has 0 atom stereocenters. The van der Waals surface area contributed by atoms with Crippen molar-refractivity contribution in [1.82, 2.24) is 0 Å². The molecule has 3 N–H and O–H groups in total. The summed E-state index contributed by atoms with van der Waals surface area (Å²) in [7, 11) is 0. The number of halogens is 2. The minimum absolute atomic E-state index is 0.151. The summed E-state index contributed by atoms with van der Waals surface area (Å²) in [6.45, 7) is 0. The first-order valence-electron chi connectivity index (χ1n) is 5.57. The molecule has 0 spiro atoms. The number of nitrogen functional groups attached to an aromatic ring is 1. The fourth-order valence-corrected chi connectivity index (χ4v) is 1.81. The summed E-state index contributed by atoms with van der Waals surface area (Å²) in [5.74, 6) is -1.13. The van der Waals surface area contributed by atoms with Crippen LogP contribution in [-0.2, 0) is 0 Å². The molecule has 2 rings (SSSR count). The summed E-state index contributed by atoms with van der Waals surface area (Å²) in [5, 5.41) is 11.5. The molecule has 0 aliphatic heterocycles. The molecular weight excluding hydrogens is 281 g/mol. The van der Waals surface area contributed by atoms with E-state index in [1.54, 1.807) is 12.1 Å². The Bertz CT molecular complexity index is 725. The quantitative estimate of drug-likeness (QED) is 0.833. The normalized spacial score (nSPS) is 9.85. The van der Waals surface area contributed by atoms with Crippen molar-refractivity contribution in [1.29, 1.82) is 5.26 Å². The molecule has 0 saturated heterocycles. The molecule has 6 heteroatoms. The van der Waals surface area contributed by atoms with Crippen LogP contribution in [0.3, 0.4) is 0 Å². The second kappa shape index (κ2) is 5.59. The Labute approximate surface area is 119 Å². The first-order chi connectivity index (χ1) is 9.51. The number of rotatable bonds is 2. The number of nitriles is 1. The van der Waals surface area contributed by atoms with Gasteiger partial charge in [-0.2, -0.15) is 5.26 Å². The molecule has 2 aromatic carbocycles. The smallest absolute Gasteiger partial charge is 0.257 e. The lowest BCUT2D eigenvalue weighted by Crippen LogP contribution is -2.13. The maximum Gasteiger partial charge on any atom is 0.257 e. The Morgan fingerprint density at radius 1 is 1.30 bits per heavy atom. The number of nitrogens with zero attached hydrogens (tertiary/aromatic N) is 1. The average molecular weight is 290 g/mol. The van der Waals surface area contributed by atoms with Crippen LogP contribution in [-0.4, -0.2) is 5.91 Å². The first kappa shape index (κ1) is 13.8. The third kappa shape index (κ3) is 2.87. The van der Waals surface area contributed by atoms with Gasteiger partial charge >= 0.3 is 0 Å². The molecule has 2 aromatic rings. The van der Waals surface area contributed by atoms with Crippen LogP contribution in [0.4, 0.5) is 15.8 Å². The molecule has 0 aliphatic rings. The van der Waals surface area contributed by atoms with E-state index in [1.165, 1.54) is 24.3 Å². The number of anilines is 2. The number of benzene rings is 2. The Balaban J connectivity index is 2.28. The van der Waals surface area contributed by atoms with Gasteiger partial charge in [-0.1, -0.05) is 11.6 Å². The van der Waals surface area contributed by atoms with Crippen LogP contribution in [0.2, 0.25) is 5.02 Å². The zero-order chi connectivity index (χ0) is 14.7. The molecule has 20 heavy (non-hydrogen) atoms. The fraction of sp³-hybridized carbons (Fsp3) is 0. The van der Waals surface area contributed by atoms with Crippen LogP contribution in [0.15, 0.2) is 36.4 Å². The molecule has 0 radical (unpaired) electrons. The van der Waals surface area contributed by atoms with Crippen LogP contribution in [0, 0.1) is 17.1 Å². The highest BCUT2D eigenvalue weighted by atomic mass is 35.5. The number of hydrogen-bond acceptors (Lipinski definition) is 3. The van der Waals surface area contributed by atoms with Gasteiger partial charge in [-0.05, 0) is 36.4 Å². The van der Waals surface area contributed by atoms with Gasteiger partial charge in [0.05, 0.1) is 16.1 Å². The van der Waals surface area contributed by atoms with Crippen molar-refractivity contribution in [2.75, 3.05) is 11.1 Å². The van der Waals surface area contributed by atoms with Gasteiger partial charge in [-0.15, -0.1) is 0 Å². The predicted molar refractivity (Wildman–Crippen MR) is 74.9 cm³/mol. The van der Waals surface area contributed by atoms with E-state index in [-0.39, 0.29) is 16.1 Å². The van der Waals surface area contributed by atoms with E-state index in [2.05, 4.69) is 5.32 Å². The lowest BCUT2D eigenvalue weighted by atomic mass is 10.1. The highest BCUT2D eigenvalue weighted by Gasteiger charge is 2.12. The van der Waals surface area contributed by atoms with Gasteiger partial charge in [-0.25, -0.2) is 4.39 Å².